The highest BCUT2D eigenvalue weighted by molar-refractivity contribution is 6.30. The van der Waals surface area contributed by atoms with E-state index in [4.69, 9.17) is 16.3 Å². The molecule has 2 rings (SSSR count). The third-order valence-electron chi connectivity index (χ3n) is 2.89. The van der Waals surface area contributed by atoms with Crippen LogP contribution in [0.15, 0.2) is 24.3 Å². The van der Waals surface area contributed by atoms with Gasteiger partial charge in [-0.2, -0.15) is 0 Å². The van der Waals surface area contributed by atoms with E-state index in [1.54, 1.807) is 0 Å². The van der Waals surface area contributed by atoms with E-state index < -0.39 is 0 Å². The molecule has 1 aromatic carbocycles. The third-order valence-corrected chi connectivity index (χ3v) is 3.15. The number of rotatable bonds is 2. The summed E-state index contributed by atoms with van der Waals surface area (Å²) in [5.41, 5.74) is 0.810. The maximum Gasteiger partial charge on any atom is 0.138 e. The van der Waals surface area contributed by atoms with Crippen molar-refractivity contribution in [2.24, 2.45) is 0 Å². The first-order valence-electron chi connectivity index (χ1n) is 5.48. The number of halogens is 1. The summed E-state index contributed by atoms with van der Waals surface area (Å²) < 4.78 is 5.72. The zero-order chi connectivity index (χ0) is 11.6. The van der Waals surface area contributed by atoms with Crippen molar-refractivity contribution < 1.29 is 9.53 Å². The van der Waals surface area contributed by atoms with E-state index in [2.05, 4.69) is 0 Å². The first-order valence-corrected chi connectivity index (χ1v) is 5.85. The molecular formula is C13H15ClO2. The van der Waals surface area contributed by atoms with E-state index in [0.717, 1.165) is 17.0 Å². The Balaban J connectivity index is 2.08. The zero-order valence-electron chi connectivity index (χ0n) is 9.33. The van der Waals surface area contributed by atoms with Crippen molar-refractivity contribution in [3.63, 3.8) is 0 Å². The van der Waals surface area contributed by atoms with E-state index in [1.165, 1.54) is 0 Å². The molecule has 16 heavy (non-hydrogen) atoms. The number of benzene rings is 1. The third kappa shape index (κ3) is 2.83. The molecule has 2 nitrogen and oxygen atoms in total. The second kappa shape index (κ2) is 4.56. The fourth-order valence-corrected chi connectivity index (χ4v) is 2.24. The molecule has 0 N–H and O–H groups in total. The van der Waals surface area contributed by atoms with Gasteiger partial charge in [-0.15, -0.1) is 0 Å². The predicted molar refractivity (Wildman–Crippen MR) is 63.8 cm³/mol. The van der Waals surface area contributed by atoms with Crippen LogP contribution in [0, 0.1) is 0 Å². The summed E-state index contributed by atoms with van der Waals surface area (Å²) in [5.74, 6) is 0.294. The largest absolute Gasteiger partial charge is 0.374 e. The number of hydrogen-bond acceptors (Lipinski definition) is 2. The Morgan fingerprint density at radius 3 is 2.69 bits per heavy atom. The zero-order valence-corrected chi connectivity index (χ0v) is 10.1. The molecule has 0 radical (unpaired) electrons. The van der Waals surface area contributed by atoms with Crippen LogP contribution >= 0.6 is 11.6 Å². The van der Waals surface area contributed by atoms with E-state index in [9.17, 15) is 4.79 Å². The molecule has 1 aliphatic rings. The van der Waals surface area contributed by atoms with Gasteiger partial charge < -0.3 is 4.74 Å². The van der Waals surface area contributed by atoms with Crippen LogP contribution in [0.3, 0.4) is 0 Å². The van der Waals surface area contributed by atoms with Crippen molar-refractivity contribution in [3.8, 4) is 0 Å². The molecule has 1 fully saturated rings. The Kier molecular flexibility index (Phi) is 3.31. The summed E-state index contributed by atoms with van der Waals surface area (Å²) in [6.07, 6.45) is 1.82. The van der Waals surface area contributed by atoms with Gasteiger partial charge in [-0.1, -0.05) is 23.7 Å². The molecule has 1 unspecified atom stereocenters. The quantitative estimate of drug-likeness (QED) is 0.792. The van der Waals surface area contributed by atoms with Crippen LogP contribution in [0.5, 0.6) is 0 Å². The maximum atomic E-state index is 11.4. The SMILES string of the molecule is CC1(Cc2ccc(Cl)cc2)CC(=O)CCO1. The van der Waals surface area contributed by atoms with Gasteiger partial charge in [-0.3, -0.25) is 4.79 Å². The number of carbonyl (C=O) groups excluding carboxylic acids is 1. The number of carbonyl (C=O) groups is 1. The molecule has 0 aliphatic carbocycles. The Morgan fingerprint density at radius 1 is 1.38 bits per heavy atom. The summed E-state index contributed by atoms with van der Waals surface area (Å²) >= 11 is 5.83. The molecule has 1 heterocycles. The van der Waals surface area contributed by atoms with Crippen LogP contribution < -0.4 is 0 Å². The Hall–Kier alpha value is -0.860. The summed E-state index contributed by atoms with van der Waals surface area (Å²) in [5, 5.41) is 0.731. The standard InChI is InChI=1S/C13H15ClO2/c1-13(9-12(15)6-7-16-13)8-10-2-4-11(14)5-3-10/h2-5H,6-9H2,1H3. The van der Waals surface area contributed by atoms with Crippen molar-refractivity contribution in [2.75, 3.05) is 6.61 Å². The van der Waals surface area contributed by atoms with Crippen LogP contribution in [0.1, 0.15) is 25.3 Å². The second-order valence-corrected chi connectivity index (χ2v) is 5.00. The fourth-order valence-electron chi connectivity index (χ4n) is 2.12. The number of ketones is 1. The molecule has 0 bridgehead atoms. The van der Waals surface area contributed by atoms with Crippen molar-refractivity contribution in [3.05, 3.63) is 34.9 Å². The average Bonchev–Trinajstić information content (AvgIpc) is 2.21. The molecule has 3 heteroatoms. The van der Waals surface area contributed by atoms with Gasteiger partial charge in [-0.25, -0.2) is 0 Å². The van der Waals surface area contributed by atoms with Gasteiger partial charge in [0, 0.05) is 24.3 Å². The summed E-state index contributed by atoms with van der Waals surface area (Å²) in [6.45, 7) is 2.54. The highest BCUT2D eigenvalue weighted by atomic mass is 35.5. The van der Waals surface area contributed by atoms with Gasteiger partial charge in [0.05, 0.1) is 12.2 Å². The Bertz CT molecular complexity index is 385. The smallest absolute Gasteiger partial charge is 0.138 e. The van der Waals surface area contributed by atoms with Gasteiger partial charge in [-0.05, 0) is 24.6 Å². The number of ether oxygens (including phenoxy) is 1. The first kappa shape index (κ1) is 11.6. The number of Topliss-reactive ketones (excluding diaryl/α,β-unsaturated/α-hetero) is 1. The lowest BCUT2D eigenvalue weighted by Crippen LogP contribution is -2.39. The summed E-state index contributed by atoms with van der Waals surface area (Å²) in [4.78, 5) is 11.4. The lowest BCUT2D eigenvalue weighted by atomic mass is 9.88. The second-order valence-electron chi connectivity index (χ2n) is 4.57. The van der Waals surface area contributed by atoms with Crippen molar-refractivity contribution in [1.82, 2.24) is 0 Å². The monoisotopic (exact) mass is 238 g/mol. The fraction of sp³-hybridized carbons (Fsp3) is 0.462. The first-order chi connectivity index (χ1) is 7.57. The maximum absolute atomic E-state index is 11.4. The minimum atomic E-state index is -0.344. The molecule has 0 aromatic heterocycles. The van der Waals surface area contributed by atoms with Crippen LogP contribution in [0.2, 0.25) is 5.02 Å². The van der Waals surface area contributed by atoms with Gasteiger partial charge in [0.2, 0.25) is 0 Å². The molecule has 1 aromatic rings. The normalized spacial score (nSPS) is 25.8. The van der Waals surface area contributed by atoms with E-state index in [0.29, 0.717) is 25.2 Å². The Morgan fingerprint density at radius 2 is 2.06 bits per heavy atom. The molecular weight excluding hydrogens is 224 g/mol. The van der Waals surface area contributed by atoms with Crippen molar-refractivity contribution in [1.29, 1.82) is 0 Å². The summed E-state index contributed by atoms with van der Waals surface area (Å²) in [6, 6.07) is 7.70. The van der Waals surface area contributed by atoms with Gasteiger partial charge in [0.15, 0.2) is 0 Å². The van der Waals surface area contributed by atoms with Crippen molar-refractivity contribution >= 4 is 17.4 Å². The molecule has 0 saturated carbocycles. The van der Waals surface area contributed by atoms with Crippen molar-refractivity contribution in [2.45, 2.75) is 31.8 Å². The van der Waals surface area contributed by atoms with Crippen LogP contribution in [0.4, 0.5) is 0 Å². The lowest BCUT2D eigenvalue weighted by molar-refractivity contribution is -0.137. The van der Waals surface area contributed by atoms with E-state index >= 15 is 0 Å². The minimum Gasteiger partial charge on any atom is -0.374 e. The lowest BCUT2D eigenvalue weighted by Gasteiger charge is -2.33. The molecule has 1 atom stereocenters. The molecule has 0 spiro atoms. The van der Waals surface area contributed by atoms with Crippen LogP contribution in [0.25, 0.3) is 0 Å². The molecule has 1 aliphatic heterocycles. The van der Waals surface area contributed by atoms with Gasteiger partial charge >= 0.3 is 0 Å². The minimum absolute atomic E-state index is 0.294. The molecule has 86 valence electrons. The number of hydrogen-bond donors (Lipinski definition) is 0. The topological polar surface area (TPSA) is 26.3 Å². The molecule has 1 saturated heterocycles. The van der Waals surface area contributed by atoms with E-state index in [1.807, 2.05) is 31.2 Å². The Labute approximate surface area is 101 Å². The average molecular weight is 239 g/mol. The van der Waals surface area contributed by atoms with Crippen LogP contribution in [-0.4, -0.2) is 18.0 Å². The van der Waals surface area contributed by atoms with Gasteiger partial charge in [0.25, 0.3) is 0 Å². The van der Waals surface area contributed by atoms with Crippen LogP contribution in [-0.2, 0) is 16.0 Å². The highest BCUT2D eigenvalue weighted by Crippen LogP contribution is 2.26. The molecule has 0 amide bonds. The highest BCUT2D eigenvalue weighted by Gasteiger charge is 2.32. The van der Waals surface area contributed by atoms with E-state index in [-0.39, 0.29) is 5.60 Å². The predicted octanol–water partition coefficient (Wildman–Crippen LogP) is 3.02. The summed E-state index contributed by atoms with van der Waals surface area (Å²) in [7, 11) is 0. The van der Waals surface area contributed by atoms with Gasteiger partial charge in [0.1, 0.15) is 5.78 Å².